The highest BCUT2D eigenvalue weighted by molar-refractivity contribution is 6.03. The second kappa shape index (κ2) is 4.49. The number of hydrogen-bond acceptors (Lipinski definition) is 4. The summed E-state index contributed by atoms with van der Waals surface area (Å²) in [7, 11) is 0. The van der Waals surface area contributed by atoms with E-state index in [0.717, 1.165) is 6.42 Å². The average Bonchev–Trinajstić information content (AvgIpc) is 2.42. The monoisotopic (exact) mass is 275 g/mol. The Bertz CT molecular complexity index is 569. The van der Waals surface area contributed by atoms with Crippen LogP contribution in [-0.2, 0) is 9.59 Å². The highest BCUT2D eigenvalue weighted by Crippen LogP contribution is 2.38. The number of carbonyl (C=O) groups excluding carboxylic acids is 2. The standard InChI is InChI=1S/C14H17N3O3/c15-12(18)11-8-17(13(19)14(16)6-3-7-14)9-4-1-2-5-10(9)20-11/h1-2,4-5,11H,3,6-8,16H2,(H2,15,18). The molecule has 6 nitrogen and oxygen atoms in total. The smallest absolute Gasteiger partial charge is 0.260 e. The molecule has 0 bridgehead atoms. The number of hydrogen-bond donors (Lipinski definition) is 2. The number of carbonyl (C=O) groups is 2. The lowest BCUT2D eigenvalue weighted by Gasteiger charge is -2.43. The van der Waals surface area contributed by atoms with Crippen molar-refractivity contribution < 1.29 is 14.3 Å². The van der Waals surface area contributed by atoms with Crippen molar-refractivity contribution >= 4 is 17.5 Å². The topological polar surface area (TPSA) is 98.7 Å². The van der Waals surface area contributed by atoms with Crippen molar-refractivity contribution in [3.63, 3.8) is 0 Å². The molecular formula is C14H17N3O3. The maximum atomic E-state index is 12.6. The van der Waals surface area contributed by atoms with Gasteiger partial charge in [0.05, 0.1) is 17.8 Å². The van der Waals surface area contributed by atoms with E-state index < -0.39 is 17.6 Å². The van der Waals surface area contributed by atoms with Crippen molar-refractivity contribution in [2.45, 2.75) is 30.9 Å². The van der Waals surface area contributed by atoms with Gasteiger partial charge in [-0.15, -0.1) is 0 Å². The Morgan fingerprint density at radius 1 is 1.30 bits per heavy atom. The van der Waals surface area contributed by atoms with E-state index >= 15 is 0 Å². The van der Waals surface area contributed by atoms with Crippen LogP contribution in [0.2, 0.25) is 0 Å². The molecule has 4 N–H and O–H groups in total. The van der Waals surface area contributed by atoms with Gasteiger partial charge in [0.25, 0.3) is 5.91 Å². The minimum absolute atomic E-state index is 0.115. The van der Waals surface area contributed by atoms with E-state index in [2.05, 4.69) is 0 Å². The van der Waals surface area contributed by atoms with Gasteiger partial charge in [-0.3, -0.25) is 9.59 Å². The second-order valence-corrected chi connectivity index (χ2v) is 5.40. The summed E-state index contributed by atoms with van der Waals surface area (Å²) in [4.78, 5) is 25.6. The fourth-order valence-corrected chi connectivity index (χ4v) is 2.62. The molecule has 1 aromatic rings. The lowest BCUT2D eigenvalue weighted by atomic mass is 9.76. The van der Waals surface area contributed by atoms with Crippen molar-refractivity contribution in [2.75, 3.05) is 11.4 Å². The number of fused-ring (bicyclic) bond motifs is 1. The van der Waals surface area contributed by atoms with Gasteiger partial charge in [0.1, 0.15) is 5.75 Å². The zero-order valence-electron chi connectivity index (χ0n) is 11.0. The molecule has 3 rings (SSSR count). The first-order chi connectivity index (χ1) is 9.51. The maximum Gasteiger partial charge on any atom is 0.260 e. The Balaban J connectivity index is 1.96. The molecule has 2 amide bonds. The van der Waals surface area contributed by atoms with Crippen molar-refractivity contribution in [1.29, 1.82) is 0 Å². The Labute approximate surface area is 116 Å². The lowest BCUT2D eigenvalue weighted by Crippen LogP contribution is -2.62. The molecule has 1 atom stereocenters. The van der Waals surface area contributed by atoms with E-state index in [1.165, 1.54) is 4.90 Å². The van der Waals surface area contributed by atoms with Crippen molar-refractivity contribution in [1.82, 2.24) is 0 Å². The highest BCUT2D eigenvalue weighted by Gasteiger charge is 2.45. The Morgan fingerprint density at radius 3 is 2.60 bits per heavy atom. The van der Waals surface area contributed by atoms with E-state index in [-0.39, 0.29) is 12.5 Å². The Kier molecular flexibility index (Phi) is 2.90. The summed E-state index contributed by atoms with van der Waals surface area (Å²) < 4.78 is 5.53. The van der Waals surface area contributed by atoms with Gasteiger partial charge in [-0.2, -0.15) is 0 Å². The molecule has 1 aromatic carbocycles. The molecule has 106 valence electrons. The van der Waals surface area contributed by atoms with Gasteiger partial charge >= 0.3 is 0 Å². The molecule has 1 aliphatic heterocycles. The summed E-state index contributed by atoms with van der Waals surface area (Å²) in [5.74, 6) is -0.262. The molecule has 6 heteroatoms. The average molecular weight is 275 g/mol. The molecule has 1 fully saturated rings. The summed E-state index contributed by atoms with van der Waals surface area (Å²) in [6.45, 7) is 0.115. The number of anilines is 1. The highest BCUT2D eigenvalue weighted by atomic mass is 16.5. The molecule has 1 saturated carbocycles. The molecule has 20 heavy (non-hydrogen) atoms. The van der Waals surface area contributed by atoms with Gasteiger partial charge in [0.2, 0.25) is 5.91 Å². The largest absolute Gasteiger partial charge is 0.477 e. The number of amides is 2. The van der Waals surface area contributed by atoms with Gasteiger partial charge in [-0.05, 0) is 31.4 Å². The number of primary amides is 1. The third-order valence-electron chi connectivity index (χ3n) is 4.01. The SMILES string of the molecule is NC(=O)C1CN(C(=O)C2(N)CCC2)c2ccccc2O1. The van der Waals surface area contributed by atoms with E-state index in [4.69, 9.17) is 16.2 Å². The third kappa shape index (κ3) is 1.92. The number of para-hydroxylation sites is 2. The first kappa shape index (κ1) is 12.9. The van der Waals surface area contributed by atoms with Crippen molar-refractivity contribution in [2.24, 2.45) is 11.5 Å². The minimum atomic E-state index is -0.836. The summed E-state index contributed by atoms with van der Waals surface area (Å²) in [6.07, 6.45) is 1.46. The van der Waals surface area contributed by atoms with Gasteiger partial charge in [0, 0.05) is 0 Å². The van der Waals surface area contributed by atoms with Crippen LogP contribution in [0.25, 0.3) is 0 Å². The van der Waals surface area contributed by atoms with E-state index in [0.29, 0.717) is 24.3 Å². The summed E-state index contributed by atoms with van der Waals surface area (Å²) >= 11 is 0. The lowest BCUT2D eigenvalue weighted by molar-refractivity contribution is -0.128. The van der Waals surface area contributed by atoms with Crippen molar-refractivity contribution in [3.05, 3.63) is 24.3 Å². The first-order valence-corrected chi connectivity index (χ1v) is 6.67. The molecule has 1 aliphatic carbocycles. The van der Waals surface area contributed by atoms with Crippen LogP contribution in [0.3, 0.4) is 0 Å². The van der Waals surface area contributed by atoms with Crippen LogP contribution >= 0.6 is 0 Å². The van der Waals surface area contributed by atoms with Crippen LogP contribution in [0, 0.1) is 0 Å². The number of benzene rings is 1. The van der Waals surface area contributed by atoms with Crippen LogP contribution in [-0.4, -0.2) is 30.0 Å². The van der Waals surface area contributed by atoms with E-state index in [9.17, 15) is 9.59 Å². The van der Waals surface area contributed by atoms with Crippen LogP contribution < -0.4 is 21.1 Å². The first-order valence-electron chi connectivity index (χ1n) is 6.67. The molecule has 0 spiro atoms. The predicted molar refractivity (Wildman–Crippen MR) is 73.2 cm³/mol. The second-order valence-electron chi connectivity index (χ2n) is 5.40. The summed E-state index contributed by atoms with van der Waals surface area (Å²) in [6, 6.07) is 7.10. The number of rotatable bonds is 2. The quantitative estimate of drug-likeness (QED) is 0.802. The van der Waals surface area contributed by atoms with Gasteiger partial charge in [0.15, 0.2) is 6.10 Å². The molecule has 0 aromatic heterocycles. The maximum absolute atomic E-state index is 12.6. The number of ether oxygens (including phenoxy) is 1. The zero-order chi connectivity index (χ0) is 14.3. The van der Waals surface area contributed by atoms with E-state index in [1.807, 2.05) is 6.07 Å². The third-order valence-corrected chi connectivity index (χ3v) is 4.01. The van der Waals surface area contributed by atoms with Crippen LogP contribution in [0.4, 0.5) is 5.69 Å². The molecule has 1 heterocycles. The van der Waals surface area contributed by atoms with Crippen LogP contribution in [0.15, 0.2) is 24.3 Å². The molecule has 2 aliphatic rings. The summed E-state index contributed by atoms with van der Waals surface area (Å²) in [5, 5.41) is 0. The van der Waals surface area contributed by atoms with Crippen LogP contribution in [0.1, 0.15) is 19.3 Å². The van der Waals surface area contributed by atoms with Gasteiger partial charge in [-0.1, -0.05) is 12.1 Å². The molecule has 0 radical (unpaired) electrons. The van der Waals surface area contributed by atoms with E-state index in [1.54, 1.807) is 18.2 Å². The Morgan fingerprint density at radius 2 is 2.00 bits per heavy atom. The number of nitrogens with zero attached hydrogens (tertiary/aromatic N) is 1. The predicted octanol–water partition coefficient (Wildman–Crippen LogP) is 0.147. The normalized spacial score (nSPS) is 23.2. The van der Waals surface area contributed by atoms with Crippen molar-refractivity contribution in [3.8, 4) is 5.75 Å². The molecular weight excluding hydrogens is 258 g/mol. The zero-order valence-corrected chi connectivity index (χ0v) is 11.0. The van der Waals surface area contributed by atoms with Crippen LogP contribution in [0.5, 0.6) is 5.75 Å². The fourth-order valence-electron chi connectivity index (χ4n) is 2.62. The van der Waals surface area contributed by atoms with Gasteiger partial charge in [-0.25, -0.2) is 0 Å². The number of nitrogens with two attached hydrogens (primary N) is 2. The summed E-state index contributed by atoms with van der Waals surface area (Å²) in [5.41, 5.74) is 11.2. The Hall–Kier alpha value is -2.08. The minimum Gasteiger partial charge on any atom is -0.477 e. The molecule has 0 saturated heterocycles. The fraction of sp³-hybridized carbons (Fsp3) is 0.429. The molecule has 1 unspecified atom stereocenters. The van der Waals surface area contributed by atoms with Gasteiger partial charge < -0.3 is 21.1 Å².